The Morgan fingerprint density at radius 1 is 1.02 bits per heavy atom. The van der Waals surface area contributed by atoms with Crippen LogP contribution in [-0.4, -0.2) is 36.6 Å². The molecule has 1 atom stereocenters. The summed E-state index contributed by atoms with van der Waals surface area (Å²) < 4.78 is 10.9. The molecule has 0 saturated heterocycles. The molecule has 43 heavy (non-hydrogen) atoms. The van der Waals surface area contributed by atoms with Crippen LogP contribution in [0.4, 0.5) is 5.00 Å². The Bertz CT molecular complexity index is 1770. The molecule has 9 nitrogen and oxygen atoms in total. The fourth-order valence-electron chi connectivity index (χ4n) is 4.90. The molecule has 220 valence electrons. The number of anilines is 1. The predicted octanol–water partition coefficient (Wildman–Crippen LogP) is 6.16. The molecule has 1 aromatic heterocycles. The van der Waals surface area contributed by atoms with Gasteiger partial charge in [-0.1, -0.05) is 61.0 Å². The first kappa shape index (κ1) is 29.9. The van der Waals surface area contributed by atoms with Crippen LogP contribution in [0.5, 0.6) is 5.75 Å². The number of hydrogen-bond acceptors (Lipinski definition) is 8. The van der Waals surface area contributed by atoms with E-state index in [1.165, 1.54) is 17.6 Å². The van der Waals surface area contributed by atoms with Crippen molar-refractivity contribution in [1.29, 1.82) is 0 Å². The van der Waals surface area contributed by atoms with Crippen molar-refractivity contribution < 1.29 is 28.7 Å². The van der Waals surface area contributed by atoms with Crippen LogP contribution in [0.1, 0.15) is 57.0 Å². The second-order valence-corrected chi connectivity index (χ2v) is 11.5. The van der Waals surface area contributed by atoms with Crippen LogP contribution in [0.15, 0.2) is 65.8 Å². The van der Waals surface area contributed by atoms with E-state index in [-0.39, 0.29) is 27.9 Å². The van der Waals surface area contributed by atoms with Crippen molar-refractivity contribution in [3.8, 4) is 5.75 Å². The van der Waals surface area contributed by atoms with E-state index in [1.54, 1.807) is 43.3 Å². The minimum Gasteiger partial charge on any atom is -0.462 e. The maximum Gasteiger partial charge on any atom is 0.345 e. The Balaban J connectivity index is 1.35. The van der Waals surface area contributed by atoms with E-state index in [4.69, 9.17) is 21.1 Å². The standard InChI is InChI=1S/C32H28ClN3O6S/c1-3-41-32(40)27-22-14-12-18(2)16-26(22)43-30(27)35-28(37)29(38)36-34-17-23-20-9-5-4-8-19(20)13-15-25(23)42-31(39)21-10-6-7-11-24(21)33/h4-11,13,15,17-18H,3,12,14,16H2,1-2H3,(H,35,37)(H,36,38)/b34-17+. The van der Waals surface area contributed by atoms with Gasteiger partial charge < -0.3 is 14.8 Å². The van der Waals surface area contributed by atoms with Crippen molar-refractivity contribution in [2.24, 2.45) is 11.0 Å². The minimum atomic E-state index is -1.04. The lowest BCUT2D eigenvalue weighted by atomic mass is 9.88. The third kappa shape index (κ3) is 6.60. The zero-order valence-electron chi connectivity index (χ0n) is 23.4. The van der Waals surface area contributed by atoms with Gasteiger partial charge in [-0.2, -0.15) is 5.10 Å². The number of nitrogens with zero attached hydrogens (tertiary/aromatic N) is 1. The summed E-state index contributed by atoms with van der Waals surface area (Å²) in [5.41, 5.74) is 3.99. The van der Waals surface area contributed by atoms with E-state index in [1.807, 2.05) is 24.3 Å². The van der Waals surface area contributed by atoms with E-state index < -0.39 is 23.8 Å². The van der Waals surface area contributed by atoms with Gasteiger partial charge in [0.15, 0.2) is 0 Å². The Hall–Kier alpha value is -4.54. The van der Waals surface area contributed by atoms with Gasteiger partial charge in [-0.3, -0.25) is 9.59 Å². The highest BCUT2D eigenvalue weighted by Crippen LogP contribution is 2.40. The van der Waals surface area contributed by atoms with E-state index in [0.717, 1.165) is 28.7 Å². The lowest BCUT2D eigenvalue weighted by molar-refractivity contribution is -0.136. The first-order chi connectivity index (χ1) is 20.8. The second-order valence-electron chi connectivity index (χ2n) is 10.00. The minimum absolute atomic E-state index is 0.184. The van der Waals surface area contributed by atoms with Crippen molar-refractivity contribution in [2.75, 3.05) is 11.9 Å². The number of esters is 2. The van der Waals surface area contributed by atoms with Gasteiger partial charge in [-0.15, -0.1) is 11.3 Å². The van der Waals surface area contributed by atoms with Crippen molar-refractivity contribution in [3.63, 3.8) is 0 Å². The molecule has 0 spiro atoms. The highest BCUT2D eigenvalue weighted by Gasteiger charge is 2.30. The average molecular weight is 618 g/mol. The molecule has 4 aromatic rings. The molecule has 1 heterocycles. The molecule has 0 saturated carbocycles. The van der Waals surface area contributed by atoms with Crippen LogP contribution < -0.4 is 15.5 Å². The van der Waals surface area contributed by atoms with Gasteiger partial charge in [0, 0.05) is 10.4 Å². The zero-order valence-corrected chi connectivity index (χ0v) is 25.0. The number of carbonyl (C=O) groups excluding carboxylic acids is 4. The third-order valence-corrected chi connectivity index (χ3v) is 8.51. The number of thiophene rings is 1. The summed E-state index contributed by atoms with van der Waals surface area (Å²) in [6.45, 7) is 4.03. The van der Waals surface area contributed by atoms with Crippen LogP contribution in [-0.2, 0) is 27.2 Å². The average Bonchev–Trinajstić information content (AvgIpc) is 3.34. The largest absolute Gasteiger partial charge is 0.462 e. The van der Waals surface area contributed by atoms with Gasteiger partial charge in [-0.25, -0.2) is 15.0 Å². The predicted molar refractivity (Wildman–Crippen MR) is 166 cm³/mol. The molecule has 2 amide bonds. The van der Waals surface area contributed by atoms with Gasteiger partial charge in [0.2, 0.25) is 0 Å². The number of nitrogens with one attached hydrogen (secondary N) is 2. The van der Waals surface area contributed by atoms with Crippen molar-refractivity contribution in [1.82, 2.24) is 5.43 Å². The molecule has 3 aromatic carbocycles. The SMILES string of the molecule is CCOC(=O)c1c(NC(=O)C(=O)N/N=C/c2c(OC(=O)c3ccccc3Cl)ccc3ccccc23)sc2c1CCC(C)C2. The Morgan fingerprint density at radius 2 is 1.79 bits per heavy atom. The van der Waals surface area contributed by atoms with Gasteiger partial charge in [0.25, 0.3) is 0 Å². The van der Waals surface area contributed by atoms with Gasteiger partial charge in [0.05, 0.1) is 29.0 Å². The summed E-state index contributed by atoms with van der Waals surface area (Å²) in [4.78, 5) is 52.2. The van der Waals surface area contributed by atoms with E-state index >= 15 is 0 Å². The van der Waals surface area contributed by atoms with Crippen LogP contribution in [0.3, 0.4) is 0 Å². The van der Waals surface area contributed by atoms with Crippen LogP contribution in [0, 0.1) is 5.92 Å². The monoisotopic (exact) mass is 617 g/mol. The summed E-state index contributed by atoms with van der Waals surface area (Å²) in [6, 6.07) is 17.3. The van der Waals surface area contributed by atoms with Crippen molar-refractivity contribution in [3.05, 3.63) is 92.8 Å². The number of hydrazone groups is 1. The molecule has 0 fully saturated rings. The normalized spacial score (nSPS) is 14.3. The number of fused-ring (bicyclic) bond motifs is 2. The van der Waals surface area contributed by atoms with E-state index in [2.05, 4.69) is 22.8 Å². The second kappa shape index (κ2) is 13.2. The number of halogens is 1. The number of ether oxygens (including phenoxy) is 2. The first-order valence-electron chi connectivity index (χ1n) is 13.7. The smallest absolute Gasteiger partial charge is 0.345 e. The summed E-state index contributed by atoms with van der Waals surface area (Å²) in [5, 5.41) is 8.62. The maximum atomic E-state index is 12.9. The van der Waals surface area contributed by atoms with Crippen LogP contribution >= 0.6 is 22.9 Å². The van der Waals surface area contributed by atoms with E-state index in [0.29, 0.717) is 28.9 Å². The molecule has 0 radical (unpaired) electrons. The Labute approximate surface area is 256 Å². The molecule has 1 unspecified atom stereocenters. The summed E-state index contributed by atoms with van der Waals surface area (Å²) in [5.74, 6) is -2.59. The quantitative estimate of drug-likeness (QED) is 0.0841. The number of benzene rings is 3. The summed E-state index contributed by atoms with van der Waals surface area (Å²) >= 11 is 7.45. The summed E-state index contributed by atoms with van der Waals surface area (Å²) in [6.07, 6.45) is 3.70. The number of amides is 2. The summed E-state index contributed by atoms with van der Waals surface area (Å²) in [7, 11) is 0. The zero-order chi connectivity index (χ0) is 30.5. The lowest BCUT2D eigenvalue weighted by Crippen LogP contribution is -2.32. The molecule has 0 aliphatic heterocycles. The molecular weight excluding hydrogens is 590 g/mol. The molecule has 11 heteroatoms. The first-order valence-corrected chi connectivity index (χ1v) is 14.9. The van der Waals surface area contributed by atoms with Crippen molar-refractivity contribution >= 4 is 68.7 Å². The number of carbonyl (C=O) groups is 4. The Kier molecular flexibility index (Phi) is 9.18. The molecule has 1 aliphatic carbocycles. The molecule has 1 aliphatic rings. The van der Waals surface area contributed by atoms with Gasteiger partial charge >= 0.3 is 23.8 Å². The highest BCUT2D eigenvalue weighted by atomic mass is 35.5. The topological polar surface area (TPSA) is 123 Å². The van der Waals surface area contributed by atoms with Crippen molar-refractivity contribution in [2.45, 2.75) is 33.1 Å². The molecule has 0 bridgehead atoms. The van der Waals surface area contributed by atoms with Crippen LogP contribution in [0.2, 0.25) is 5.02 Å². The molecular formula is C32H28ClN3O6S. The molecule has 5 rings (SSSR count). The number of rotatable bonds is 7. The van der Waals surface area contributed by atoms with Gasteiger partial charge in [0.1, 0.15) is 10.8 Å². The number of hydrogen-bond donors (Lipinski definition) is 2. The van der Waals surface area contributed by atoms with Gasteiger partial charge in [-0.05, 0) is 66.6 Å². The lowest BCUT2D eigenvalue weighted by Gasteiger charge is -2.18. The third-order valence-electron chi connectivity index (χ3n) is 7.01. The maximum absolute atomic E-state index is 12.9. The molecule has 2 N–H and O–H groups in total. The fraction of sp³-hybridized carbons (Fsp3) is 0.219. The highest BCUT2D eigenvalue weighted by molar-refractivity contribution is 7.17. The van der Waals surface area contributed by atoms with E-state index in [9.17, 15) is 19.2 Å². The fourth-order valence-corrected chi connectivity index (χ4v) is 6.51. The Morgan fingerprint density at radius 3 is 2.58 bits per heavy atom. The van der Waals surface area contributed by atoms with Crippen LogP contribution in [0.25, 0.3) is 10.8 Å².